The molecular formula is C28H32F3N7O. The minimum Gasteiger partial charge on any atom is -0.368 e. The van der Waals surface area contributed by atoms with E-state index < -0.39 is 11.7 Å². The lowest BCUT2D eigenvalue weighted by molar-refractivity contribution is -0.138. The number of piperazine rings is 1. The molecule has 2 aromatic carbocycles. The molecule has 3 fully saturated rings. The fraction of sp³-hybridized carbons (Fsp3) is 0.429. The standard InChI is InChI=1S/C28H32F3N7O/c1-35-12-14-36(15-13-35)23-18-37(19-23)22-9-7-21(8-10-22)33-27-32-17-24(28(29,30)31)26(34-27)38-25(11-16-39-38)20-5-3-2-4-6-20/h2-10,17,23,25H,11-16,18-19H2,1H3,(H,32,33,34). The summed E-state index contributed by atoms with van der Waals surface area (Å²) in [6, 6.07) is 17.4. The predicted molar refractivity (Wildman–Crippen MR) is 144 cm³/mol. The summed E-state index contributed by atoms with van der Waals surface area (Å²) >= 11 is 0. The second-order valence-electron chi connectivity index (χ2n) is 10.4. The molecule has 3 aliphatic rings. The predicted octanol–water partition coefficient (Wildman–Crippen LogP) is 4.56. The van der Waals surface area contributed by atoms with Gasteiger partial charge in [-0.25, -0.2) is 10.0 Å². The molecule has 1 aromatic heterocycles. The molecule has 8 nitrogen and oxygen atoms in total. The molecule has 0 aliphatic carbocycles. The molecule has 6 rings (SSSR count). The summed E-state index contributed by atoms with van der Waals surface area (Å²) in [5.41, 5.74) is 1.75. The van der Waals surface area contributed by atoms with Crippen LogP contribution in [0.15, 0.2) is 60.8 Å². The number of rotatable bonds is 6. The molecular weight excluding hydrogens is 507 g/mol. The average Bonchev–Trinajstić information content (AvgIpc) is 3.40. The Morgan fingerprint density at radius 2 is 1.67 bits per heavy atom. The van der Waals surface area contributed by atoms with Gasteiger partial charge in [0.05, 0.1) is 12.6 Å². The van der Waals surface area contributed by atoms with Gasteiger partial charge in [0.15, 0.2) is 5.82 Å². The van der Waals surface area contributed by atoms with Crippen LogP contribution in [0, 0.1) is 0 Å². The largest absolute Gasteiger partial charge is 0.421 e. The van der Waals surface area contributed by atoms with Gasteiger partial charge in [-0.05, 0) is 36.9 Å². The number of anilines is 4. The minimum atomic E-state index is -4.62. The molecule has 1 atom stereocenters. The van der Waals surface area contributed by atoms with Gasteiger partial charge in [0.1, 0.15) is 5.56 Å². The first kappa shape index (κ1) is 25.8. The maximum absolute atomic E-state index is 13.9. The zero-order valence-electron chi connectivity index (χ0n) is 21.8. The lowest BCUT2D eigenvalue weighted by Crippen LogP contribution is -2.63. The van der Waals surface area contributed by atoms with E-state index in [0.29, 0.717) is 24.8 Å². The van der Waals surface area contributed by atoms with Crippen LogP contribution in [-0.4, -0.2) is 78.7 Å². The number of hydroxylamine groups is 1. The van der Waals surface area contributed by atoms with Crippen molar-refractivity contribution in [3.05, 3.63) is 71.9 Å². The van der Waals surface area contributed by atoms with Crippen molar-refractivity contribution < 1.29 is 18.0 Å². The molecule has 4 heterocycles. The van der Waals surface area contributed by atoms with Crippen molar-refractivity contribution in [3.63, 3.8) is 0 Å². The number of aromatic nitrogens is 2. The molecule has 1 N–H and O–H groups in total. The third kappa shape index (κ3) is 5.52. The van der Waals surface area contributed by atoms with Gasteiger partial charge in [0, 0.05) is 69.3 Å². The van der Waals surface area contributed by atoms with Crippen LogP contribution in [0.25, 0.3) is 0 Å². The van der Waals surface area contributed by atoms with Gasteiger partial charge in [-0.2, -0.15) is 18.2 Å². The molecule has 3 aromatic rings. The Labute approximate surface area is 226 Å². The van der Waals surface area contributed by atoms with Crippen molar-refractivity contribution in [1.82, 2.24) is 19.8 Å². The number of nitrogens with zero attached hydrogens (tertiary/aromatic N) is 6. The number of hydrogen-bond donors (Lipinski definition) is 1. The molecule has 0 bridgehead atoms. The Kier molecular flexibility index (Phi) is 7.05. The third-order valence-corrected chi connectivity index (χ3v) is 7.78. The van der Waals surface area contributed by atoms with Gasteiger partial charge in [0.25, 0.3) is 0 Å². The summed E-state index contributed by atoms with van der Waals surface area (Å²) in [5.74, 6) is -0.217. The van der Waals surface area contributed by atoms with Crippen molar-refractivity contribution in [2.75, 3.05) is 68.2 Å². The fourth-order valence-electron chi connectivity index (χ4n) is 5.43. The maximum atomic E-state index is 13.9. The number of nitrogens with one attached hydrogen (secondary N) is 1. The SMILES string of the molecule is CN1CCN(C2CN(c3ccc(Nc4ncc(C(F)(F)F)c(N5OCCC5c5ccccc5)n4)cc3)C2)CC1. The Bertz CT molecular complexity index is 1260. The van der Waals surface area contributed by atoms with E-state index in [1.165, 1.54) is 5.06 Å². The average molecular weight is 540 g/mol. The molecule has 0 spiro atoms. The summed E-state index contributed by atoms with van der Waals surface area (Å²) < 4.78 is 41.8. The topological polar surface area (TPSA) is 60.0 Å². The second kappa shape index (κ2) is 10.6. The molecule has 206 valence electrons. The highest BCUT2D eigenvalue weighted by molar-refractivity contribution is 5.62. The van der Waals surface area contributed by atoms with Crippen LogP contribution in [0.3, 0.4) is 0 Å². The summed E-state index contributed by atoms with van der Waals surface area (Å²) in [6.07, 6.45) is -3.25. The number of hydrogen-bond acceptors (Lipinski definition) is 8. The van der Waals surface area contributed by atoms with Gasteiger partial charge in [0.2, 0.25) is 5.95 Å². The van der Waals surface area contributed by atoms with Gasteiger partial charge in [-0.15, -0.1) is 0 Å². The van der Waals surface area contributed by atoms with Gasteiger partial charge < -0.3 is 15.1 Å². The van der Waals surface area contributed by atoms with Crippen LogP contribution in [0.2, 0.25) is 0 Å². The van der Waals surface area contributed by atoms with Crippen molar-refractivity contribution in [2.24, 2.45) is 0 Å². The highest BCUT2D eigenvalue weighted by Gasteiger charge is 2.40. The van der Waals surface area contributed by atoms with Crippen LogP contribution in [0.1, 0.15) is 23.6 Å². The molecule has 0 radical (unpaired) electrons. The zero-order valence-corrected chi connectivity index (χ0v) is 21.8. The number of halogens is 3. The number of benzene rings is 2. The summed E-state index contributed by atoms with van der Waals surface area (Å²) in [7, 11) is 2.16. The van der Waals surface area contributed by atoms with Crippen LogP contribution in [-0.2, 0) is 11.0 Å². The van der Waals surface area contributed by atoms with E-state index in [4.69, 9.17) is 4.84 Å². The van der Waals surface area contributed by atoms with E-state index in [1.807, 2.05) is 54.6 Å². The number of likely N-dealkylation sites (N-methyl/N-ethyl adjacent to an activating group) is 1. The maximum Gasteiger partial charge on any atom is 0.421 e. The first-order valence-electron chi connectivity index (χ1n) is 13.3. The van der Waals surface area contributed by atoms with E-state index in [1.54, 1.807) is 0 Å². The molecule has 0 amide bonds. The highest BCUT2D eigenvalue weighted by atomic mass is 19.4. The van der Waals surface area contributed by atoms with Crippen LogP contribution in [0.4, 0.5) is 36.3 Å². The van der Waals surface area contributed by atoms with Crippen LogP contribution >= 0.6 is 0 Å². The van der Waals surface area contributed by atoms with E-state index in [0.717, 1.165) is 56.7 Å². The van der Waals surface area contributed by atoms with Crippen molar-refractivity contribution in [3.8, 4) is 0 Å². The Morgan fingerprint density at radius 1 is 0.949 bits per heavy atom. The summed E-state index contributed by atoms with van der Waals surface area (Å²) in [6.45, 7) is 6.75. The minimum absolute atomic E-state index is 0.0761. The fourth-order valence-corrected chi connectivity index (χ4v) is 5.43. The Morgan fingerprint density at radius 3 is 2.36 bits per heavy atom. The molecule has 1 unspecified atom stereocenters. The monoisotopic (exact) mass is 539 g/mol. The molecule has 3 aliphatic heterocycles. The first-order chi connectivity index (χ1) is 18.8. The lowest BCUT2D eigenvalue weighted by atomic mass is 10.0. The van der Waals surface area contributed by atoms with Gasteiger partial charge >= 0.3 is 6.18 Å². The van der Waals surface area contributed by atoms with E-state index >= 15 is 0 Å². The first-order valence-corrected chi connectivity index (χ1v) is 13.3. The Hall–Kier alpha value is -3.41. The summed E-state index contributed by atoms with van der Waals surface area (Å²) in [5, 5.41) is 4.34. The normalized spacial score (nSPS) is 21.3. The van der Waals surface area contributed by atoms with Crippen molar-refractivity contribution in [2.45, 2.75) is 24.7 Å². The van der Waals surface area contributed by atoms with Crippen molar-refractivity contribution in [1.29, 1.82) is 0 Å². The molecule has 3 saturated heterocycles. The van der Waals surface area contributed by atoms with Crippen molar-refractivity contribution >= 4 is 23.1 Å². The van der Waals surface area contributed by atoms with E-state index in [9.17, 15) is 13.2 Å². The smallest absolute Gasteiger partial charge is 0.368 e. The summed E-state index contributed by atoms with van der Waals surface area (Å²) in [4.78, 5) is 21.2. The highest BCUT2D eigenvalue weighted by Crippen LogP contribution is 2.41. The second-order valence-corrected chi connectivity index (χ2v) is 10.4. The molecule has 11 heteroatoms. The molecule has 0 saturated carbocycles. The van der Waals surface area contributed by atoms with E-state index in [2.05, 4.69) is 37.0 Å². The molecule has 39 heavy (non-hydrogen) atoms. The zero-order chi connectivity index (χ0) is 27.0. The van der Waals surface area contributed by atoms with Gasteiger partial charge in [-0.3, -0.25) is 9.74 Å². The quantitative estimate of drug-likeness (QED) is 0.490. The lowest BCUT2D eigenvalue weighted by Gasteiger charge is -2.48. The van der Waals surface area contributed by atoms with Gasteiger partial charge in [-0.1, -0.05) is 30.3 Å². The Balaban J connectivity index is 1.16. The number of alkyl halides is 3. The third-order valence-electron chi connectivity index (χ3n) is 7.78. The van der Waals surface area contributed by atoms with Crippen LogP contribution < -0.4 is 15.3 Å². The van der Waals surface area contributed by atoms with E-state index in [-0.39, 0.29) is 17.8 Å². The van der Waals surface area contributed by atoms with Crippen LogP contribution in [0.5, 0.6) is 0 Å².